The minimum Gasteiger partial charge on any atom is -0.378 e. The first-order valence-corrected chi connectivity index (χ1v) is 10.7. The molecule has 5 rings (SSSR count). The zero-order chi connectivity index (χ0) is 21.4. The number of aromatic nitrogens is 3. The van der Waals surface area contributed by atoms with Crippen LogP contribution in [0.2, 0.25) is 0 Å². The molecule has 4 heterocycles. The summed E-state index contributed by atoms with van der Waals surface area (Å²) in [5.41, 5.74) is 4.37. The lowest BCUT2D eigenvalue weighted by molar-refractivity contribution is 0.0738. The maximum absolute atomic E-state index is 13.4. The van der Waals surface area contributed by atoms with Crippen LogP contribution in [-0.4, -0.2) is 78.4 Å². The summed E-state index contributed by atoms with van der Waals surface area (Å²) in [4.78, 5) is 28.2. The summed E-state index contributed by atoms with van der Waals surface area (Å²) in [6.07, 6.45) is 1.45. The first-order valence-electron chi connectivity index (χ1n) is 10.7. The molecule has 2 aliphatic rings. The Morgan fingerprint density at radius 1 is 0.968 bits per heavy atom. The number of hydrogen-bond acceptors (Lipinski definition) is 8. The van der Waals surface area contributed by atoms with Crippen molar-refractivity contribution in [1.29, 1.82) is 0 Å². The van der Waals surface area contributed by atoms with Gasteiger partial charge in [-0.05, 0) is 25.5 Å². The van der Waals surface area contributed by atoms with Gasteiger partial charge in [0.25, 0.3) is 11.6 Å². The van der Waals surface area contributed by atoms with E-state index in [0.717, 1.165) is 13.1 Å². The quantitative estimate of drug-likeness (QED) is 0.634. The van der Waals surface area contributed by atoms with Gasteiger partial charge in [0.2, 0.25) is 0 Å². The van der Waals surface area contributed by atoms with Crippen LogP contribution in [0.15, 0.2) is 29.0 Å². The Labute approximate surface area is 180 Å². The van der Waals surface area contributed by atoms with E-state index in [0.29, 0.717) is 56.3 Å². The van der Waals surface area contributed by atoms with E-state index in [1.165, 1.54) is 23.1 Å². The van der Waals surface area contributed by atoms with Gasteiger partial charge in [0.1, 0.15) is 17.5 Å². The highest BCUT2D eigenvalue weighted by Gasteiger charge is 2.30. The van der Waals surface area contributed by atoms with Gasteiger partial charge >= 0.3 is 0 Å². The number of aryl methyl sites for hydroxylation is 2. The van der Waals surface area contributed by atoms with Gasteiger partial charge in [0, 0.05) is 45.0 Å². The van der Waals surface area contributed by atoms with Gasteiger partial charge in [-0.3, -0.25) is 4.79 Å². The van der Waals surface area contributed by atoms with Crippen LogP contribution in [0.3, 0.4) is 0 Å². The van der Waals surface area contributed by atoms with E-state index in [1.54, 1.807) is 0 Å². The van der Waals surface area contributed by atoms with Crippen LogP contribution < -0.4 is 9.80 Å². The minimum absolute atomic E-state index is 0.136. The second-order valence-electron chi connectivity index (χ2n) is 8.08. The fourth-order valence-electron chi connectivity index (χ4n) is 4.39. The number of benzene rings is 1. The summed E-state index contributed by atoms with van der Waals surface area (Å²) in [5.74, 6) is 0.551. The van der Waals surface area contributed by atoms with E-state index in [4.69, 9.17) is 9.26 Å². The molecule has 2 saturated heterocycles. The summed E-state index contributed by atoms with van der Waals surface area (Å²) in [5, 5.41) is 4.68. The van der Waals surface area contributed by atoms with Crippen molar-refractivity contribution in [3.05, 3.63) is 41.3 Å². The molecule has 1 aromatic carbocycles. The zero-order valence-corrected chi connectivity index (χ0v) is 17.9. The molecule has 2 aliphatic heterocycles. The summed E-state index contributed by atoms with van der Waals surface area (Å²) in [6, 6.07) is 6.50. The van der Waals surface area contributed by atoms with E-state index >= 15 is 0 Å². The molecule has 2 aromatic heterocycles. The average Bonchev–Trinajstić information content (AvgIpc) is 3.24. The van der Waals surface area contributed by atoms with Crippen LogP contribution >= 0.6 is 0 Å². The maximum atomic E-state index is 13.4. The molecule has 0 saturated carbocycles. The fourth-order valence-corrected chi connectivity index (χ4v) is 4.39. The normalized spacial score (nSPS) is 17.4. The van der Waals surface area contributed by atoms with E-state index < -0.39 is 0 Å². The number of anilines is 2. The van der Waals surface area contributed by atoms with Crippen LogP contribution in [0.1, 0.15) is 21.6 Å². The van der Waals surface area contributed by atoms with E-state index in [9.17, 15) is 4.79 Å². The Morgan fingerprint density at radius 3 is 2.48 bits per heavy atom. The zero-order valence-electron chi connectivity index (χ0n) is 17.9. The molecular formula is C22H26N6O3. The topological polar surface area (TPSA) is 87.8 Å². The molecule has 31 heavy (non-hydrogen) atoms. The fraction of sp³-hybridized carbons (Fsp3) is 0.455. The highest BCUT2D eigenvalue weighted by Crippen LogP contribution is 2.29. The Bertz CT molecular complexity index is 1100. The van der Waals surface area contributed by atoms with Crippen LogP contribution in [0.25, 0.3) is 11.1 Å². The molecule has 1 amide bonds. The van der Waals surface area contributed by atoms with Crippen LogP contribution in [0.5, 0.6) is 0 Å². The number of rotatable bonds is 3. The van der Waals surface area contributed by atoms with Gasteiger partial charge in [-0.25, -0.2) is 4.98 Å². The lowest BCUT2D eigenvalue weighted by Crippen LogP contribution is -2.49. The SMILES string of the molecule is Cc1ccc(N2CCN(C(=O)c3noc4ncnc(N5CCOCC5)c34)CC2)c(C)c1. The Morgan fingerprint density at radius 2 is 1.74 bits per heavy atom. The van der Waals surface area contributed by atoms with Crippen molar-refractivity contribution in [2.45, 2.75) is 13.8 Å². The Kier molecular flexibility index (Phi) is 5.19. The maximum Gasteiger partial charge on any atom is 0.277 e. The van der Waals surface area contributed by atoms with Gasteiger partial charge in [0.05, 0.1) is 13.2 Å². The number of nitrogens with zero attached hydrogens (tertiary/aromatic N) is 6. The molecule has 0 spiro atoms. The summed E-state index contributed by atoms with van der Waals surface area (Å²) in [7, 11) is 0. The molecule has 0 bridgehead atoms. The van der Waals surface area contributed by atoms with Crippen molar-refractivity contribution in [2.75, 3.05) is 62.3 Å². The third kappa shape index (κ3) is 3.69. The molecule has 9 nitrogen and oxygen atoms in total. The molecule has 0 aliphatic carbocycles. The second-order valence-corrected chi connectivity index (χ2v) is 8.08. The van der Waals surface area contributed by atoms with Crippen molar-refractivity contribution < 1.29 is 14.1 Å². The Balaban J connectivity index is 1.36. The highest BCUT2D eigenvalue weighted by atomic mass is 16.5. The van der Waals surface area contributed by atoms with E-state index in [-0.39, 0.29) is 11.6 Å². The van der Waals surface area contributed by atoms with Crippen LogP contribution in [0.4, 0.5) is 11.5 Å². The summed E-state index contributed by atoms with van der Waals surface area (Å²) in [6.45, 7) is 9.71. The molecule has 3 aromatic rings. The lowest BCUT2D eigenvalue weighted by Gasteiger charge is -2.36. The third-order valence-corrected chi connectivity index (χ3v) is 6.03. The minimum atomic E-state index is -0.136. The first kappa shape index (κ1) is 19.7. The number of carbonyl (C=O) groups is 1. The molecular weight excluding hydrogens is 396 g/mol. The lowest BCUT2D eigenvalue weighted by atomic mass is 10.1. The average molecular weight is 422 g/mol. The first-order chi connectivity index (χ1) is 15.1. The molecule has 2 fully saturated rings. The smallest absolute Gasteiger partial charge is 0.277 e. The monoisotopic (exact) mass is 422 g/mol. The largest absolute Gasteiger partial charge is 0.378 e. The van der Waals surface area contributed by atoms with Crippen LogP contribution in [0, 0.1) is 13.8 Å². The number of carbonyl (C=O) groups excluding carboxylic acids is 1. The molecule has 162 valence electrons. The Hall–Kier alpha value is -3.20. The molecule has 9 heteroatoms. The standard InChI is InChI=1S/C22H26N6O3/c1-15-3-4-17(16(2)13-15)26-5-7-28(8-6-26)22(29)19-18-20(27-9-11-30-12-10-27)23-14-24-21(18)31-25-19/h3-4,13-14H,5-12H2,1-2H3. The van der Waals surface area contributed by atoms with Crippen molar-refractivity contribution >= 4 is 28.5 Å². The van der Waals surface area contributed by atoms with Gasteiger partial charge in [0.15, 0.2) is 5.69 Å². The molecule has 0 radical (unpaired) electrons. The number of morpholine rings is 1. The van der Waals surface area contributed by atoms with Gasteiger partial charge in [-0.15, -0.1) is 0 Å². The predicted molar refractivity (Wildman–Crippen MR) is 117 cm³/mol. The molecule has 0 N–H and O–H groups in total. The molecule has 0 unspecified atom stereocenters. The van der Waals surface area contributed by atoms with Crippen molar-refractivity contribution in [1.82, 2.24) is 20.0 Å². The van der Waals surface area contributed by atoms with Crippen molar-refractivity contribution in [3.63, 3.8) is 0 Å². The highest BCUT2D eigenvalue weighted by molar-refractivity contribution is 6.07. The molecule has 0 atom stereocenters. The summed E-state index contributed by atoms with van der Waals surface area (Å²) >= 11 is 0. The van der Waals surface area contributed by atoms with E-state index in [2.05, 4.69) is 57.0 Å². The number of fused-ring (bicyclic) bond motifs is 1. The van der Waals surface area contributed by atoms with Crippen molar-refractivity contribution in [3.8, 4) is 0 Å². The van der Waals surface area contributed by atoms with Gasteiger partial charge in [-0.1, -0.05) is 22.9 Å². The van der Waals surface area contributed by atoms with E-state index in [1.807, 2.05) is 4.90 Å². The van der Waals surface area contributed by atoms with Crippen LogP contribution in [-0.2, 0) is 4.74 Å². The van der Waals surface area contributed by atoms with Gasteiger partial charge in [-0.2, -0.15) is 4.98 Å². The number of amides is 1. The second kappa shape index (κ2) is 8.14. The number of hydrogen-bond donors (Lipinski definition) is 0. The third-order valence-electron chi connectivity index (χ3n) is 6.03. The number of ether oxygens (including phenoxy) is 1. The van der Waals surface area contributed by atoms with Crippen molar-refractivity contribution in [2.24, 2.45) is 0 Å². The number of piperazine rings is 1. The summed E-state index contributed by atoms with van der Waals surface area (Å²) < 4.78 is 10.8. The van der Waals surface area contributed by atoms with Gasteiger partial charge < -0.3 is 24.0 Å². The predicted octanol–water partition coefficient (Wildman–Crippen LogP) is 2.03.